The van der Waals surface area contributed by atoms with Gasteiger partial charge in [-0.3, -0.25) is 4.79 Å². The Morgan fingerprint density at radius 3 is 2.72 bits per heavy atom. The first-order valence-electron chi connectivity index (χ1n) is 5.41. The minimum absolute atomic E-state index is 0.141. The van der Waals surface area contributed by atoms with E-state index in [4.69, 9.17) is 4.74 Å². The SMILES string of the molecule is COC(=O)CCNC(=O)Nc1cccc(OC)c1. The first-order valence-corrected chi connectivity index (χ1v) is 5.41. The molecule has 0 aliphatic rings. The molecule has 1 rings (SSSR count). The number of ether oxygens (including phenoxy) is 2. The summed E-state index contributed by atoms with van der Waals surface area (Å²) in [6.45, 7) is 0.225. The molecule has 0 fully saturated rings. The molecule has 2 N–H and O–H groups in total. The van der Waals surface area contributed by atoms with Crippen LogP contribution < -0.4 is 15.4 Å². The lowest BCUT2D eigenvalue weighted by molar-refractivity contribution is -0.140. The summed E-state index contributed by atoms with van der Waals surface area (Å²) in [7, 11) is 2.86. The van der Waals surface area contributed by atoms with Crippen LogP contribution in [0.4, 0.5) is 10.5 Å². The van der Waals surface area contributed by atoms with Crippen molar-refractivity contribution in [2.45, 2.75) is 6.42 Å². The monoisotopic (exact) mass is 252 g/mol. The molecule has 0 aliphatic heterocycles. The number of nitrogens with one attached hydrogen (secondary N) is 2. The van der Waals surface area contributed by atoms with E-state index in [0.29, 0.717) is 11.4 Å². The van der Waals surface area contributed by atoms with Gasteiger partial charge in [0, 0.05) is 18.3 Å². The number of urea groups is 1. The zero-order chi connectivity index (χ0) is 13.4. The van der Waals surface area contributed by atoms with Crippen molar-refractivity contribution in [2.24, 2.45) is 0 Å². The van der Waals surface area contributed by atoms with E-state index < -0.39 is 0 Å². The van der Waals surface area contributed by atoms with Gasteiger partial charge in [-0.2, -0.15) is 0 Å². The van der Waals surface area contributed by atoms with Crippen LogP contribution in [0.15, 0.2) is 24.3 Å². The lowest BCUT2D eigenvalue weighted by Crippen LogP contribution is -2.30. The molecular formula is C12H16N2O4. The highest BCUT2D eigenvalue weighted by atomic mass is 16.5. The van der Waals surface area contributed by atoms with Crippen LogP contribution in [-0.2, 0) is 9.53 Å². The highest BCUT2D eigenvalue weighted by Gasteiger charge is 2.04. The fourth-order valence-electron chi connectivity index (χ4n) is 1.26. The number of amides is 2. The lowest BCUT2D eigenvalue weighted by Gasteiger charge is -2.08. The maximum Gasteiger partial charge on any atom is 0.319 e. The Hall–Kier alpha value is -2.24. The third kappa shape index (κ3) is 4.73. The first-order chi connectivity index (χ1) is 8.65. The third-order valence-corrected chi connectivity index (χ3v) is 2.17. The smallest absolute Gasteiger partial charge is 0.319 e. The molecule has 0 spiro atoms. The molecule has 2 amide bonds. The van der Waals surface area contributed by atoms with Gasteiger partial charge in [0.1, 0.15) is 5.75 Å². The number of methoxy groups -OCH3 is 2. The second-order valence-electron chi connectivity index (χ2n) is 3.44. The van der Waals surface area contributed by atoms with Crippen molar-refractivity contribution in [3.63, 3.8) is 0 Å². The summed E-state index contributed by atoms with van der Waals surface area (Å²) < 4.78 is 9.48. The van der Waals surface area contributed by atoms with Crippen molar-refractivity contribution in [1.29, 1.82) is 0 Å². The van der Waals surface area contributed by atoms with Gasteiger partial charge in [0.05, 0.1) is 20.6 Å². The fourth-order valence-corrected chi connectivity index (χ4v) is 1.26. The maximum absolute atomic E-state index is 11.5. The first kappa shape index (κ1) is 13.8. The molecular weight excluding hydrogens is 236 g/mol. The van der Waals surface area contributed by atoms with E-state index >= 15 is 0 Å². The van der Waals surface area contributed by atoms with Gasteiger partial charge in [-0.05, 0) is 12.1 Å². The summed E-state index contributed by atoms with van der Waals surface area (Å²) in [6, 6.07) is 6.60. The topological polar surface area (TPSA) is 76.7 Å². The summed E-state index contributed by atoms with van der Waals surface area (Å²) in [5.41, 5.74) is 0.616. The van der Waals surface area contributed by atoms with Crippen LogP contribution in [0.1, 0.15) is 6.42 Å². The molecule has 18 heavy (non-hydrogen) atoms. The summed E-state index contributed by atoms with van der Waals surface area (Å²) >= 11 is 0. The second kappa shape index (κ2) is 7.16. The largest absolute Gasteiger partial charge is 0.497 e. The zero-order valence-electron chi connectivity index (χ0n) is 10.4. The number of anilines is 1. The molecule has 6 heteroatoms. The van der Waals surface area contributed by atoms with E-state index in [0.717, 1.165) is 0 Å². The van der Waals surface area contributed by atoms with E-state index in [1.165, 1.54) is 7.11 Å². The lowest BCUT2D eigenvalue weighted by atomic mass is 10.3. The zero-order valence-corrected chi connectivity index (χ0v) is 10.4. The van der Waals surface area contributed by atoms with Gasteiger partial charge in [0.15, 0.2) is 0 Å². The molecule has 0 atom stereocenters. The Morgan fingerprint density at radius 1 is 1.28 bits per heavy atom. The van der Waals surface area contributed by atoms with Crippen LogP contribution in [0, 0.1) is 0 Å². The van der Waals surface area contributed by atoms with Crippen LogP contribution in [-0.4, -0.2) is 32.8 Å². The Labute approximate surface area is 105 Å². The van der Waals surface area contributed by atoms with Gasteiger partial charge in [0.25, 0.3) is 0 Å². The average molecular weight is 252 g/mol. The number of benzene rings is 1. The number of hydrogen-bond donors (Lipinski definition) is 2. The van der Waals surface area contributed by atoms with Crippen molar-refractivity contribution in [1.82, 2.24) is 5.32 Å². The van der Waals surface area contributed by atoms with Crippen molar-refractivity contribution >= 4 is 17.7 Å². The number of esters is 1. The molecule has 1 aromatic carbocycles. The molecule has 0 aromatic heterocycles. The minimum Gasteiger partial charge on any atom is -0.497 e. The standard InChI is InChI=1S/C12H16N2O4/c1-17-10-5-3-4-9(8-10)14-12(16)13-7-6-11(15)18-2/h3-5,8H,6-7H2,1-2H3,(H2,13,14,16). The van der Waals surface area contributed by atoms with Gasteiger partial charge >= 0.3 is 12.0 Å². The normalized spacial score (nSPS) is 9.44. The van der Waals surface area contributed by atoms with Gasteiger partial charge in [0.2, 0.25) is 0 Å². The van der Waals surface area contributed by atoms with Crippen LogP contribution in [0.5, 0.6) is 5.75 Å². The molecule has 0 saturated heterocycles. The molecule has 98 valence electrons. The van der Waals surface area contributed by atoms with Crippen LogP contribution in [0.25, 0.3) is 0 Å². The Balaban J connectivity index is 2.37. The highest BCUT2D eigenvalue weighted by molar-refractivity contribution is 5.89. The Bertz CT molecular complexity index is 420. The van der Waals surface area contributed by atoms with E-state index in [-0.39, 0.29) is 25.0 Å². The van der Waals surface area contributed by atoms with Crippen molar-refractivity contribution in [3.05, 3.63) is 24.3 Å². The minimum atomic E-state index is -0.382. The van der Waals surface area contributed by atoms with E-state index in [9.17, 15) is 9.59 Å². The molecule has 0 aliphatic carbocycles. The molecule has 0 radical (unpaired) electrons. The van der Waals surface area contributed by atoms with Crippen LogP contribution in [0.2, 0.25) is 0 Å². The second-order valence-corrected chi connectivity index (χ2v) is 3.44. The predicted molar refractivity (Wildman–Crippen MR) is 66.6 cm³/mol. The third-order valence-electron chi connectivity index (χ3n) is 2.17. The number of carbonyl (C=O) groups is 2. The molecule has 1 aromatic rings. The maximum atomic E-state index is 11.5. The molecule has 0 heterocycles. The van der Waals surface area contributed by atoms with E-state index in [1.54, 1.807) is 31.4 Å². The van der Waals surface area contributed by atoms with Crippen molar-refractivity contribution < 1.29 is 19.1 Å². The van der Waals surface area contributed by atoms with Crippen LogP contribution in [0.3, 0.4) is 0 Å². The van der Waals surface area contributed by atoms with Crippen molar-refractivity contribution in [2.75, 3.05) is 26.1 Å². The quantitative estimate of drug-likeness (QED) is 0.776. The van der Waals surface area contributed by atoms with Gasteiger partial charge in [-0.15, -0.1) is 0 Å². The number of carbonyl (C=O) groups excluding carboxylic acids is 2. The Kier molecular flexibility index (Phi) is 5.50. The predicted octanol–water partition coefficient (Wildman–Crippen LogP) is 1.38. The highest BCUT2D eigenvalue weighted by Crippen LogP contribution is 2.16. The summed E-state index contributed by atoms with van der Waals surface area (Å²) in [6.07, 6.45) is 0.141. The molecule has 0 unspecified atom stereocenters. The summed E-state index contributed by atoms with van der Waals surface area (Å²) in [5.74, 6) is 0.291. The number of hydrogen-bond acceptors (Lipinski definition) is 4. The summed E-state index contributed by atoms with van der Waals surface area (Å²) in [5, 5.41) is 5.17. The number of rotatable bonds is 5. The van der Waals surface area contributed by atoms with E-state index in [1.807, 2.05) is 0 Å². The fraction of sp³-hybridized carbons (Fsp3) is 0.333. The molecule has 6 nitrogen and oxygen atoms in total. The van der Waals surface area contributed by atoms with E-state index in [2.05, 4.69) is 15.4 Å². The van der Waals surface area contributed by atoms with Gasteiger partial charge in [-0.25, -0.2) is 4.79 Å². The molecule has 0 bridgehead atoms. The van der Waals surface area contributed by atoms with Crippen molar-refractivity contribution in [3.8, 4) is 5.75 Å². The average Bonchev–Trinajstić information content (AvgIpc) is 2.38. The van der Waals surface area contributed by atoms with Crippen LogP contribution >= 0.6 is 0 Å². The van der Waals surface area contributed by atoms with Gasteiger partial charge < -0.3 is 20.1 Å². The van der Waals surface area contributed by atoms with Gasteiger partial charge in [-0.1, -0.05) is 6.07 Å². The molecule has 0 saturated carbocycles. The summed E-state index contributed by atoms with van der Waals surface area (Å²) in [4.78, 5) is 22.3. The Morgan fingerprint density at radius 2 is 2.06 bits per heavy atom.